The molecular formula is C20H44NO2P. The minimum Gasteiger partial charge on any atom is -0.395 e. The van der Waals surface area contributed by atoms with Gasteiger partial charge in [0.1, 0.15) is 5.52 Å². The van der Waals surface area contributed by atoms with Crippen molar-refractivity contribution >= 4 is 14.8 Å². The molecule has 0 aromatic heterocycles. The molecule has 0 heterocycles. The predicted octanol–water partition coefficient (Wildman–Crippen LogP) is 5.59. The summed E-state index contributed by atoms with van der Waals surface area (Å²) in [5, 5.41) is 7.75. The molecule has 0 fully saturated rings. The second-order valence-corrected chi connectivity index (χ2v) is 7.32. The van der Waals surface area contributed by atoms with Crippen LogP contribution in [-0.2, 0) is 4.79 Å². The summed E-state index contributed by atoms with van der Waals surface area (Å²) in [5.41, 5.74) is 5.04. The Morgan fingerprint density at radius 3 is 1.29 bits per heavy atom. The van der Waals surface area contributed by atoms with E-state index in [9.17, 15) is 4.79 Å². The molecule has 0 rings (SSSR count). The zero-order valence-electron chi connectivity index (χ0n) is 16.2. The number of hydrogen-bond acceptors (Lipinski definition) is 3. The highest BCUT2D eigenvalue weighted by Crippen LogP contribution is 2.13. The Morgan fingerprint density at radius 1 is 0.750 bits per heavy atom. The van der Waals surface area contributed by atoms with Crippen molar-refractivity contribution in [3.63, 3.8) is 0 Å². The van der Waals surface area contributed by atoms with Crippen molar-refractivity contribution in [2.24, 2.45) is 5.73 Å². The average Bonchev–Trinajstić information content (AvgIpc) is 2.58. The second kappa shape index (κ2) is 25.3. The third-order valence-corrected chi connectivity index (χ3v) is 4.44. The zero-order valence-corrected chi connectivity index (χ0v) is 17.4. The van der Waals surface area contributed by atoms with E-state index in [1.165, 1.54) is 89.9 Å². The van der Waals surface area contributed by atoms with Gasteiger partial charge in [-0.25, -0.2) is 0 Å². The van der Waals surface area contributed by atoms with Crippen LogP contribution in [0.25, 0.3) is 0 Å². The molecule has 3 nitrogen and oxygen atoms in total. The molecule has 0 amide bonds. The number of nitrogens with two attached hydrogens (primary N) is 1. The number of hydrogen-bond donors (Lipinski definition) is 2. The molecule has 24 heavy (non-hydrogen) atoms. The molecule has 1 unspecified atom stereocenters. The van der Waals surface area contributed by atoms with E-state index >= 15 is 0 Å². The minimum absolute atomic E-state index is 0.0972. The standard InChI is InChI=1S/C18H37OP.C2H7NO/c1-2-3-4-5-6-7-8-9-10-11-12-13-14-15-16-17-18(19)20;3-1-2-4/h2-17,20H2,1H3;4H,1-3H2. The molecule has 0 aromatic carbocycles. The van der Waals surface area contributed by atoms with Gasteiger partial charge in [0.15, 0.2) is 0 Å². The van der Waals surface area contributed by atoms with E-state index in [2.05, 4.69) is 16.2 Å². The second-order valence-electron chi connectivity index (χ2n) is 6.68. The van der Waals surface area contributed by atoms with Crippen LogP contribution in [0.3, 0.4) is 0 Å². The Kier molecular flexibility index (Phi) is 27.6. The first kappa shape index (κ1) is 26.3. The molecular weight excluding hydrogens is 317 g/mol. The average molecular weight is 362 g/mol. The summed E-state index contributed by atoms with van der Waals surface area (Å²) < 4.78 is 0. The van der Waals surface area contributed by atoms with Gasteiger partial charge in [-0.1, -0.05) is 106 Å². The molecule has 4 heteroatoms. The van der Waals surface area contributed by atoms with Crippen LogP contribution >= 0.6 is 9.24 Å². The fourth-order valence-electron chi connectivity index (χ4n) is 2.67. The molecule has 3 N–H and O–H groups in total. The number of aliphatic hydroxyl groups is 1. The van der Waals surface area contributed by atoms with Crippen LogP contribution < -0.4 is 5.73 Å². The van der Waals surface area contributed by atoms with Gasteiger partial charge in [-0.3, -0.25) is 4.79 Å². The van der Waals surface area contributed by atoms with Crippen molar-refractivity contribution in [3.8, 4) is 0 Å². The smallest absolute Gasteiger partial charge is 0.148 e. The molecule has 0 aliphatic carbocycles. The number of aliphatic hydroxyl groups excluding tert-OH is 1. The summed E-state index contributed by atoms with van der Waals surface area (Å²) >= 11 is 0. The van der Waals surface area contributed by atoms with Gasteiger partial charge in [0.05, 0.1) is 6.61 Å². The summed E-state index contributed by atoms with van der Waals surface area (Å²) in [7, 11) is 2.27. The first-order chi connectivity index (χ1) is 11.7. The van der Waals surface area contributed by atoms with E-state index in [4.69, 9.17) is 10.8 Å². The fraction of sp³-hybridized carbons (Fsp3) is 0.950. The number of carbonyl (C=O) groups excluding carboxylic acids is 1. The highest BCUT2D eigenvalue weighted by Gasteiger charge is 1.95. The van der Waals surface area contributed by atoms with Crippen LogP contribution in [0.5, 0.6) is 0 Å². The van der Waals surface area contributed by atoms with Gasteiger partial charge in [-0.2, -0.15) is 0 Å². The maximum atomic E-state index is 10.7. The molecule has 146 valence electrons. The van der Waals surface area contributed by atoms with Crippen LogP contribution in [0.15, 0.2) is 0 Å². The molecule has 0 aliphatic rings. The first-order valence-corrected chi connectivity index (χ1v) is 10.9. The van der Waals surface area contributed by atoms with Crippen LogP contribution in [-0.4, -0.2) is 23.8 Å². The molecule has 0 aromatic rings. The highest BCUT2D eigenvalue weighted by molar-refractivity contribution is 7.40. The number of unbranched alkanes of at least 4 members (excludes halogenated alkanes) is 14. The Bertz CT molecular complexity index is 236. The lowest BCUT2D eigenvalue weighted by molar-refractivity contribution is -0.111. The van der Waals surface area contributed by atoms with Crippen molar-refractivity contribution in [1.82, 2.24) is 0 Å². The lowest BCUT2D eigenvalue weighted by Gasteiger charge is -2.03. The van der Waals surface area contributed by atoms with Gasteiger partial charge in [0, 0.05) is 13.0 Å². The molecule has 0 saturated heterocycles. The lowest BCUT2D eigenvalue weighted by Crippen LogP contribution is -2.02. The Balaban J connectivity index is 0. The largest absolute Gasteiger partial charge is 0.395 e. The SMILES string of the molecule is CCCCCCCCCCCCCCCCCC(=O)P.NCCO. The molecule has 0 spiro atoms. The van der Waals surface area contributed by atoms with Crippen molar-refractivity contribution in [2.45, 2.75) is 110 Å². The Labute approximate surface area is 153 Å². The Morgan fingerprint density at radius 2 is 1.04 bits per heavy atom. The summed E-state index contributed by atoms with van der Waals surface area (Å²) in [6, 6.07) is 0. The maximum Gasteiger partial charge on any atom is 0.148 e. The minimum atomic E-state index is 0.0972. The highest BCUT2D eigenvalue weighted by atomic mass is 31.0. The first-order valence-electron chi connectivity index (χ1n) is 10.3. The molecule has 0 bridgehead atoms. The van der Waals surface area contributed by atoms with Crippen LogP contribution in [0.4, 0.5) is 0 Å². The van der Waals surface area contributed by atoms with Crippen molar-refractivity contribution in [1.29, 1.82) is 0 Å². The zero-order chi connectivity index (χ0) is 18.3. The van der Waals surface area contributed by atoms with Gasteiger partial charge >= 0.3 is 0 Å². The van der Waals surface area contributed by atoms with E-state index in [1.807, 2.05) is 0 Å². The van der Waals surface area contributed by atoms with Crippen molar-refractivity contribution in [2.75, 3.05) is 13.2 Å². The monoisotopic (exact) mass is 361 g/mol. The maximum absolute atomic E-state index is 10.7. The van der Waals surface area contributed by atoms with Crippen molar-refractivity contribution in [3.05, 3.63) is 0 Å². The van der Waals surface area contributed by atoms with E-state index in [0.717, 1.165) is 12.8 Å². The van der Waals surface area contributed by atoms with E-state index in [-0.39, 0.29) is 12.1 Å². The van der Waals surface area contributed by atoms with Crippen LogP contribution in [0.1, 0.15) is 110 Å². The van der Waals surface area contributed by atoms with Gasteiger partial charge in [-0.15, -0.1) is 0 Å². The summed E-state index contributed by atoms with van der Waals surface area (Å²) in [5.74, 6) is 0. The third-order valence-electron chi connectivity index (χ3n) is 4.16. The molecule has 1 atom stereocenters. The topological polar surface area (TPSA) is 63.3 Å². The van der Waals surface area contributed by atoms with E-state index in [1.54, 1.807) is 0 Å². The Hall–Kier alpha value is 0.0200. The predicted molar refractivity (Wildman–Crippen MR) is 110 cm³/mol. The quantitative estimate of drug-likeness (QED) is 0.262. The number of rotatable bonds is 17. The third kappa shape index (κ3) is 30.0. The summed E-state index contributed by atoms with van der Waals surface area (Å²) in [6.45, 7) is 2.75. The van der Waals surface area contributed by atoms with E-state index < -0.39 is 0 Å². The van der Waals surface area contributed by atoms with Gasteiger partial charge in [-0.05, 0) is 6.42 Å². The van der Waals surface area contributed by atoms with Gasteiger partial charge in [0.2, 0.25) is 0 Å². The summed E-state index contributed by atoms with van der Waals surface area (Å²) in [4.78, 5) is 10.7. The molecule has 0 radical (unpaired) electrons. The van der Waals surface area contributed by atoms with Crippen molar-refractivity contribution < 1.29 is 9.90 Å². The molecule has 0 aliphatic heterocycles. The molecule has 0 saturated carbocycles. The van der Waals surface area contributed by atoms with Gasteiger partial charge in [0.25, 0.3) is 0 Å². The van der Waals surface area contributed by atoms with Crippen LogP contribution in [0, 0.1) is 0 Å². The van der Waals surface area contributed by atoms with Crippen LogP contribution in [0.2, 0.25) is 0 Å². The normalized spacial score (nSPS) is 10.3. The number of carbonyl (C=O) groups is 1. The lowest BCUT2D eigenvalue weighted by atomic mass is 10.0. The fourth-order valence-corrected chi connectivity index (χ4v) is 2.87. The van der Waals surface area contributed by atoms with Gasteiger partial charge < -0.3 is 10.8 Å². The summed E-state index contributed by atoms with van der Waals surface area (Å²) in [6.07, 6.45) is 21.4. The van der Waals surface area contributed by atoms with E-state index in [0.29, 0.717) is 6.54 Å².